The molecule has 9 nitrogen and oxygen atoms in total. The Hall–Kier alpha value is -8.22. The molecule has 59 heavy (non-hydrogen) atoms. The number of aromatic nitrogens is 5. The number of anilines is 3. The van der Waals surface area contributed by atoms with E-state index in [1.54, 1.807) is 12.4 Å². The van der Waals surface area contributed by atoms with Crippen molar-refractivity contribution < 1.29 is 0 Å². The summed E-state index contributed by atoms with van der Waals surface area (Å²) in [5.41, 5.74) is 18.8. The van der Waals surface area contributed by atoms with E-state index in [0.29, 0.717) is 11.6 Å². The average molecular weight is 762 g/mol. The van der Waals surface area contributed by atoms with Crippen LogP contribution in [0.15, 0.2) is 198 Å². The molecule has 0 amide bonds. The molecule has 0 spiro atoms. The summed E-state index contributed by atoms with van der Waals surface area (Å²) < 4.78 is 2.29. The van der Waals surface area contributed by atoms with Gasteiger partial charge in [0, 0.05) is 56.8 Å². The molecule has 0 saturated carbocycles. The van der Waals surface area contributed by atoms with Gasteiger partial charge in [-0.3, -0.25) is 14.8 Å². The Labute approximate surface area is 341 Å². The van der Waals surface area contributed by atoms with Crippen molar-refractivity contribution in [2.24, 2.45) is 9.98 Å². The van der Waals surface area contributed by atoms with Crippen molar-refractivity contribution in [3.63, 3.8) is 0 Å². The van der Waals surface area contributed by atoms with Gasteiger partial charge in [-0.05, 0) is 77.9 Å². The minimum Gasteiger partial charge on any atom is -0.308 e. The lowest BCUT2D eigenvalue weighted by atomic mass is 9.98. The van der Waals surface area contributed by atoms with Gasteiger partial charge in [0.15, 0.2) is 11.6 Å². The summed E-state index contributed by atoms with van der Waals surface area (Å²) >= 11 is 0. The van der Waals surface area contributed by atoms with E-state index in [4.69, 9.17) is 9.98 Å². The fraction of sp³-hybridized carbons (Fsp3) is 0.0400. The van der Waals surface area contributed by atoms with Crippen molar-refractivity contribution >= 4 is 62.1 Å². The molecule has 2 bridgehead atoms. The molecule has 0 N–H and O–H groups in total. The SMILES string of the molecule is C1=CN=C(c2cccc(-c3ccc4c(c3)c3ccncc3n4-c3cccc(N4C5=C=C(C=C(c6ncncn6)C=N5)c5ccccc54)c3)c2)N(c2ccccc2)C=1.CC. The van der Waals surface area contributed by atoms with Crippen molar-refractivity contribution in [3.8, 4) is 16.8 Å². The summed E-state index contributed by atoms with van der Waals surface area (Å²) in [6.45, 7) is 4.00. The number of pyridine rings is 1. The van der Waals surface area contributed by atoms with Crippen LogP contribution < -0.4 is 9.80 Å². The molecule has 0 saturated heterocycles. The van der Waals surface area contributed by atoms with Gasteiger partial charge in [-0.2, -0.15) is 0 Å². The molecule has 0 radical (unpaired) electrons. The van der Waals surface area contributed by atoms with Crippen molar-refractivity contribution in [3.05, 3.63) is 205 Å². The number of hydrogen-bond donors (Lipinski definition) is 0. The summed E-state index contributed by atoms with van der Waals surface area (Å²) in [5.74, 6) is 2.08. The molecule has 11 rings (SSSR count). The molecule has 8 aromatic rings. The Balaban J connectivity index is 0.00000207. The number of fused-ring (bicyclic) bond motifs is 5. The molecule has 0 aliphatic carbocycles. The Morgan fingerprint density at radius 3 is 2.31 bits per heavy atom. The lowest BCUT2D eigenvalue weighted by molar-refractivity contribution is 1.02. The summed E-state index contributed by atoms with van der Waals surface area (Å²) in [5, 5.41) is 2.26. The van der Waals surface area contributed by atoms with Gasteiger partial charge in [0.2, 0.25) is 0 Å². The van der Waals surface area contributed by atoms with Crippen LogP contribution in [-0.4, -0.2) is 36.6 Å². The minimum atomic E-state index is 0.557. The fourth-order valence-corrected chi connectivity index (χ4v) is 7.82. The third-order valence-corrected chi connectivity index (χ3v) is 10.4. The number of allylic oxidation sites excluding steroid dienone is 3. The van der Waals surface area contributed by atoms with Gasteiger partial charge in [-0.1, -0.05) is 92.0 Å². The number of amidine groups is 1. The van der Waals surface area contributed by atoms with E-state index in [1.165, 1.54) is 12.7 Å². The molecule has 3 aliphatic heterocycles. The minimum absolute atomic E-state index is 0.557. The molecule has 3 aromatic heterocycles. The van der Waals surface area contributed by atoms with E-state index in [0.717, 1.165) is 83.8 Å². The van der Waals surface area contributed by atoms with Crippen LogP contribution in [0.25, 0.3) is 49.8 Å². The normalized spacial score (nSPS) is 13.9. The first-order valence-electron chi connectivity index (χ1n) is 19.5. The zero-order chi connectivity index (χ0) is 39.7. The molecular formula is C50H35N9. The van der Waals surface area contributed by atoms with E-state index in [9.17, 15) is 0 Å². The summed E-state index contributed by atoms with van der Waals surface area (Å²) in [6.07, 6.45) is 14.3. The van der Waals surface area contributed by atoms with Gasteiger partial charge in [-0.15, -0.1) is 0 Å². The number of para-hydroxylation sites is 2. The predicted molar refractivity (Wildman–Crippen MR) is 239 cm³/mol. The Bertz CT molecular complexity index is 3160. The molecule has 6 heterocycles. The monoisotopic (exact) mass is 761 g/mol. The standard InChI is InChI=1S/C48H29N9.C2H6/c1-2-11-37(12-3-1)55-22-8-20-51-48(55)34-10-6-9-32(23-34)33-17-18-44-42(25-33)41-19-21-49-29-45(41)56(44)38-13-7-14-39(27-38)57-43-16-5-4-15-40(43)35-24-36(28-52-46(57)26-35)47-53-30-50-31-54-47;1-2/h1-7,9-25,27-31H;1-2H3. The number of rotatable bonds is 6. The van der Waals surface area contributed by atoms with Gasteiger partial charge in [-0.25, -0.2) is 24.9 Å². The summed E-state index contributed by atoms with van der Waals surface area (Å²) in [7, 11) is 0. The summed E-state index contributed by atoms with van der Waals surface area (Å²) in [6, 6.07) is 44.4. The van der Waals surface area contributed by atoms with Crippen molar-refractivity contribution in [1.29, 1.82) is 0 Å². The van der Waals surface area contributed by atoms with Crippen molar-refractivity contribution in [2.45, 2.75) is 13.8 Å². The second kappa shape index (κ2) is 15.0. The largest absolute Gasteiger partial charge is 0.308 e. The molecular weight excluding hydrogens is 727 g/mol. The molecule has 9 heteroatoms. The summed E-state index contributed by atoms with van der Waals surface area (Å²) in [4.78, 5) is 31.2. The second-order valence-corrected chi connectivity index (χ2v) is 13.7. The lowest BCUT2D eigenvalue weighted by Gasteiger charge is -2.29. The van der Waals surface area contributed by atoms with Gasteiger partial charge < -0.3 is 4.57 Å². The van der Waals surface area contributed by atoms with Crippen LogP contribution in [-0.2, 0) is 0 Å². The number of hydrogen-bond acceptors (Lipinski definition) is 8. The van der Waals surface area contributed by atoms with E-state index in [-0.39, 0.29) is 0 Å². The van der Waals surface area contributed by atoms with Crippen LogP contribution in [0, 0.1) is 0 Å². The topological polar surface area (TPSA) is 87.7 Å². The first-order chi connectivity index (χ1) is 29.3. The first-order valence-corrected chi connectivity index (χ1v) is 19.5. The van der Waals surface area contributed by atoms with Crippen molar-refractivity contribution in [1.82, 2.24) is 24.5 Å². The number of benzene rings is 5. The zero-order valence-corrected chi connectivity index (χ0v) is 32.3. The van der Waals surface area contributed by atoms with E-state index in [1.807, 2.05) is 62.8 Å². The average Bonchev–Trinajstić information content (AvgIpc) is 3.53. The highest BCUT2D eigenvalue weighted by atomic mass is 15.2. The third-order valence-electron chi connectivity index (χ3n) is 10.4. The maximum absolute atomic E-state index is 4.93. The van der Waals surface area contributed by atoms with Gasteiger partial charge in [0.05, 0.1) is 41.0 Å². The van der Waals surface area contributed by atoms with E-state index < -0.39 is 0 Å². The maximum atomic E-state index is 4.93. The van der Waals surface area contributed by atoms with Gasteiger partial charge in [0.1, 0.15) is 18.5 Å². The lowest BCUT2D eigenvalue weighted by Crippen LogP contribution is -2.27. The molecule has 0 unspecified atom stereocenters. The Morgan fingerprint density at radius 1 is 0.627 bits per heavy atom. The molecule has 280 valence electrons. The molecule has 5 aromatic carbocycles. The van der Waals surface area contributed by atoms with E-state index in [2.05, 4.69) is 149 Å². The predicted octanol–water partition coefficient (Wildman–Crippen LogP) is 11.1. The smallest absolute Gasteiger partial charge is 0.183 e. The van der Waals surface area contributed by atoms with Crippen LogP contribution in [0.4, 0.5) is 17.1 Å². The van der Waals surface area contributed by atoms with E-state index >= 15 is 0 Å². The van der Waals surface area contributed by atoms with Crippen molar-refractivity contribution in [2.75, 3.05) is 9.80 Å². The molecule has 0 fully saturated rings. The molecule has 0 atom stereocenters. The van der Waals surface area contributed by atoms with Crippen LogP contribution in [0.3, 0.4) is 0 Å². The molecule has 3 aliphatic rings. The zero-order valence-electron chi connectivity index (χ0n) is 32.3. The number of aliphatic imine (C=N–C) groups is 2. The highest BCUT2D eigenvalue weighted by molar-refractivity contribution is 6.15. The first kappa shape index (κ1) is 35.2. The highest BCUT2D eigenvalue weighted by Crippen LogP contribution is 2.42. The van der Waals surface area contributed by atoms with Crippen LogP contribution in [0.5, 0.6) is 0 Å². The Morgan fingerprint density at radius 2 is 1.41 bits per heavy atom. The van der Waals surface area contributed by atoms with Crippen LogP contribution in [0.2, 0.25) is 0 Å². The van der Waals surface area contributed by atoms with Crippen LogP contribution in [0.1, 0.15) is 30.8 Å². The van der Waals surface area contributed by atoms with Gasteiger partial charge in [0.25, 0.3) is 0 Å². The Kier molecular flexibility index (Phi) is 8.97. The van der Waals surface area contributed by atoms with Crippen LogP contribution >= 0.6 is 0 Å². The quantitative estimate of drug-likeness (QED) is 0.157. The third kappa shape index (κ3) is 6.26. The van der Waals surface area contributed by atoms with Gasteiger partial charge >= 0.3 is 0 Å². The number of nitrogens with zero attached hydrogens (tertiary/aromatic N) is 9. The fourth-order valence-electron chi connectivity index (χ4n) is 7.82. The highest BCUT2D eigenvalue weighted by Gasteiger charge is 2.26. The maximum Gasteiger partial charge on any atom is 0.183 e. The second-order valence-electron chi connectivity index (χ2n) is 13.7.